The SMILES string of the molecule is COc1ccc(/C=C/C(=O)NN(C)c2ccccc2)cc1. The van der Waals surface area contributed by atoms with Crippen LogP contribution in [0.2, 0.25) is 0 Å². The zero-order valence-electron chi connectivity index (χ0n) is 12.1. The molecule has 4 heteroatoms. The summed E-state index contributed by atoms with van der Waals surface area (Å²) >= 11 is 0. The summed E-state index contributed by atoms with van der Waals surface area (Å²) in [5, 5.41) is 1.68. The molecule has 0 fully saturated rings. The summed E-state index contributed by atoms with van der Waals surface area (Å²) in [6.07, 6.45) is 3.26. The number of hydrogen-bond donors (Lipinski definition) is 1. The van der Waals surface area contributed by atoms with E-state index in [0.717, 1.165) is 17.0 Å². The Morgan fingerprint density at radius 1 is 1.10 bits per heavy atom. The molecule has 1 amide bonds. The number of amides is 1. The van der Waals surface area contributed by atoms with Gasteiger partial charge in [0.15, 0.2) is 0 Å². The van der Waals surface area contributed by atoms with Gasteiger partial charge < -0.3 is 4.74 Å². The van der Waals surface area contributed by atoms with Crippen LogP contribution in [0.1, 0.15) is 5.56 Å². The van der Waals surface area contributed by atoms with Crippen LogP contribution in [-0.2, 0) is 4.79 Å². The van der Waals surface area contributed by atoms with E-state index in [1.165, 1.54) is 6.08 Å². The average Bonchev–Trinajstić information content (AvgIpc) is 2.54. The smallest absolute Gasteiger partial charge is 0.262 e. The molecule has 0 saturated carbocycles. The van der Waals surface area contributed by atoms with Gasteiger partial charge in [-0.05, 0) is 35.9 Å². The Bertz CT molecular complexity index is 606. The van der Waals surface area contributed by atoms with E-state index in [9.17, 15) is 4.79 Å². The second-order valence-electron chi connectivity index (χ2n) is 4.48. The van der Waals surface area contributed by atoms with Gasteiger partial charge in [0, 0.05) is 13.1 Å². The van der Waals surface area contributed by atoms with Gasteiger partial charge in [-0.1, -0.05) is 30.3 Å². The second-order valence-corrected chi connectivity index (χ2v) is 4.48. The zero-order chi connectivity index (χ0) is 15.1. The van der Waals surface area contributed by atoms with Gasteiger partial charge >= 0.3 is 0 Å². The quantitative estimate of drug-likeness (QED) is 0.677. The van der Waals surface area contributed by atoms with Gasteiger partial charge in [-0.15, -0.1) is 0 Å². The molecule has 21 heavy (non-hydrogen) atoms. The topological polar surface area (TPSA) is 41.6 Å². The fourth-order valence-electron chi connectivity index (χ4n) is 1.81. The number of rotatable bonds is 5. The van der Waals surface area contributed by atoms with Crippen molar-refractivity contribution in [1.29, 1.82) is 0 Å². The molecule has 0 aromatic heterocycles. The third-order valence-electron chi connectivity index (χ3n) is 2.96. The highest BCUT2D eigenvalue weighted by molar-refractivity contribution is 5.92. The highest BCUT2D eigenvalue weighted by atomic mass is 16.5. The van der Waals surface area contributed by atoms with Crippen molar-refractivity contribution in [3.8, 4) is 5.75 Å². The van der Waals surface area contributed by atoms with E-state index in [1.807, 2.05) is 54.6 Å². The van der Waals surface area contributed by atoms with E-state index in [1.54, 1.807) is 25.2 Å². The minimum atomic E-state index is -0.183. The van der Waals surface area contributed by atoms with E-state index >= 15 is 0 Å². The van der Waals surface area contributed by atoms with E-state index in [4.69, 9.17) is 4.74 Å². The first-order valence-corrected chi connectivity index (χ1v) is 6.60. The number of nitrogens with zero attached hydrogens (tertiary/aromatic N) is 1. The fraction of sp³-hybridized carbons (Fsp3) is 0.118. The first kappa shape index (κ1) is 14.7. The second kappa shape index (κ2) is 7.14. The maximum atomic E-state index is 11.9. The normalized spacial score (nSPS) is 10.4. The molecule has 0 heterocycles. The molecular weight excluding hydrogens is 264 g/mol. The molecule has 0 aliphatic heterocycles. The van der Waals surface area contributed by atoms with Crippen LogP contribution in [0.15, 0.2) is 60.7 Å². The van der Waals surface area contributed by atoms with Gasteiger partial charge in [-0.25, -0.2) is 0 Å². The van der Waals surface area contributed by atoms with Crippen LogP contribution in [0, 0.1) is 0 Å². The molecule has 0 radical (unpaired) electrons. The molecule has 1 N–H and O–H groups in total. The van der Waals surface area contributed by atoms with E-state index in [0.29, 0.717) is 0 Å². The summed E-state index contributed by atoms with van der Waals surface area (Å²) in [5.41, 5.74) is 4.63. The van der Waals surface area contributed by atoms with E-state index in [2.05, 4.69) is 5.43 Å². The largest absolute Gasteiger partial charge is 0.497 e. The van der Waals surface area contributed by atoms with Crippen LogP contribution >= 0.6 is 0 Å². The number of hydrogen-bond acceptors (Lipinski definition) is 3. The Labute approximate surface area is 124 Å². The number of methoxy groups -OCH3 is 1. The summed E-state index contributed by atoms with van der Waals surface area (Å²) in [5.74, 6) is 0.609. The number of ether oxygens (including phenoxy) is 1. The van der Waals surface area contributed by atoms with Gasteiger partial charge in [0.05, 0.1) is 12.8 Å². The number of carbonyl (C=O) groups is 1. The lowest BCUT2D eigenvalue weighted by Crippen LogP contribution is -2.38. The Balaban J connectivity index is 1.93. The molecule has 108 valence electrons. The Morgan fingerprint density at radius 2 is 1.76 bits per heavy atom. The van der Waals surface area contributed by atoms with Crippen LogP contribution in [0.5, 0.6) is 5.75 Å². The maximum Gasteiger partial charge on any atom is 0.262 e. The first-order chi connectivity index (χ1) is 10.2. The van der Waals surface area contributed by atoms with Crippen LogP contribution in [0.3, 0.4) is 0 Å². The molecule has 0 spiro atoms. The number of carbonyl (C=O) groups excluding carboxylic acids is 1. The van der Waals surface area contributed by atoms with Crippen molar-refractivity contribution in [3.63, 3.8) is 0 Å². The summed E-state index contributed by atoms with van der Waals surface area (Å²) < 4.78 is 5.09. The lowest BCUT2D eigenvalue weighted by molar-refractivity contribution is -0.116. The first-order valence-electron chi connectivity index (χ1n) is 6.60. The van der Waals surface area contributed by atoms with Gasteiger partial charge in [0.1, 0.15) is 5.75 Å². The number of hydrazine groups is 1. The molecule has 0 atom stereocenters. The molecule has 0 saturated heterocycles. The van der Waals surface area contributed by atoms with Crippen molar-refractivity contribution in [2.75, 3.05) is 19.2 Å². The molecule has 2 aromatic carbocycles. The molecule has 0 bridgehead atoms. The van der Waals surface area contributed by atoms with E-state index < -0.39 is 0 Å². The van der Waals surface area contributed by atoms with Crippen molar-refractivity contribution in [2.24, 2.45) is 0 Å². The number of para-hydroxylation sites is 1. The number of benzene rings is 2. The fourth-order valence-corrected chi connectivity index (χ4v) is 1.81. The van der Waals surface area contributed by atoms with Crippen molar-refractivity contribution in [3.05, 3.63) is 66.2 Å². The molecule has 4 nitrogen and oxygen atoms in total. The predicted octanol–water partition coefficient (Wildman–Crippen LogP) is 2.88. The van der Waals surface area contributed by atoms with Crippen molar-refractivity contribution in [2.45, 2.75) is 0 Å². The third kappa shape index (κ3) is 4.38. The van der Waals surface area contributed by atoms with Crippen molar-refractivity contribution < 1.29 is 9.53 Å². The van der Waals surface area contributed by atoms with Gasteiger partial charge in [0.2, 0.25) is 0 Å². The highest BCUT2D eigenvalue weighted by Crippen LogP contribution is 2.12. The van der Waals surface area contributed by atoms with Gasteiger partial charge in [0.25, 0.3) is 5.91 Å². The van der Waals surface area contributed by atoms with Crippen LogP contribution in [0.25, 0.3) is 6.08 Å². The van der Waals surface area contributed by atoms with Crippen LogP contribution in [0.4, 0.5) is 5.69 Å². The van der Waals surface area contributed by atoms with Crippen molar-refractivity contribution >= 4 is 17.7 Å². The predicted molar refractivity (Wildman–Crippen MR) is 85.0 cm³/mol. The standard InChI is InChI=1S/C17H18N2O2/c1-19(15-6-4-3-5-7-15)18-17(20)13-10-14-8-11-16(21-2)12-9-14/h3-13H,1-2H3,(H,18,20)/b13-10+. The summed E-state index contributed by atoms with van der Waals surface area (Å²) in [7, 11) is 3.42. The molecule has 0 unspecified atom stereocenters. The van der Waals surface area contributed by atoms with Gasteiger partial charge in [-0.2, -0.15) is 0 Å². The molecule has 2 rings (SSSR count). The summed E-state index contributed by atoms with van der Waals surface area (Å²) in [6.45, 7) is 0. The monoisotopic (exact) mass is 282 g/mol. The summed E-state index contributed by atoms with van der Waals surface area (Å²) in [4.78, 5) is 11.9. The van der Waals surface area contributed by atoms with E-state index in [-0.39, 0.29) is 5.91 Å². The lowest BCUT2D eigenvalue weighted by Gasteiger charge is -2.18. The van der Waals surface area contributed by atoms with Gasteiger partial charge in [-0.3, -0.25) is 15.2 Å². The molecule has 0 aliphatic rings. The number of anilines is 1. The minimum absolute atomic E-state index is 0.183. The molecule has 0 aliphatic carbocycles. The summed E-state index contributed by atoms with van der Waals surface area (Å²) in [6, 6.07) is 17.1. The molecule has 2 aromatic rings. The lowest BCUT2D eigenvalue weighted by atomic mass is 10.2. The molecular formula is C17H18N2O2. The minimum Gasteiger partial charge on any atom is -0.497 e. The Hall–Kier alpha value is -2.75. The maximum absolute atomic E-state index is 11.9. The van der Waals surface area contributed by atoms with Crippen LogP contribution < -0.4 is 15.2 Å². The zero-order valence-corrected chi connectivity index (χ0v) is 12.1. The highest BCUT2D eigenvalue weighted by Gasteiger charge is 2.02. The van der Waals surface area contributed by atoms with Crippen molar-refractivity contribution in [1.82, 2.24) is 5.43 Å². The average molecular weight is 282 g/mol. The Kier molecular flexibility index (Phi) is 4.99. The van der Waals surface area contributed by atoms with Crippen LogP contribution in [-0.4, -0.2) is 20.1 Å². The Morgan fingerprint density at radius 3 is 2.38 bits per heavy atom. The third-order valence-corrected chi connectivity index (χ3v) is 2.96. The number of nitrogens with one attached hydrogen (secondary N) is 1.